The zero-order chi connectivity index (χ0) is 21.1. The van der Waals surface area contributed by atoms with E-state index in [1.807, 2.05) is 64.5 Å². The number of carbonyl (C=O) groups excluding carboxylic acids is 2. The van der Waals surface area contributed by atoms with Crippen LogP contribution in [0.2, 0.25) is 5.02 Å². The van der Waals surface area contributed by atoms with Crippen LogP contribution in [-0.2, 0) is 0 Å². The van der Waals surface area contributed by atoms with Crippen molar-refractivity contribution in [2.24, 2.45) is 4.99 Å². The van der Waals surface area contributed by atoms with E-state index in [1.54, 1.807) is 24.3 Å². The maximum Gasteiger partial charge on any atom is 0.279 e. The first kappa shape index (κ1) is 20.0. The lowest BCUT2D eigenvalue weighted by molar-refractivity contribution is 0.0994. The van der Waals surface area contributed by atoms with E-state index < -0.39 is 0 Å². The smallest absolute Gasteiger partial charge is 0.279 e. The normalized spacial score (nSPS) is 11.5. The molecule has 0 saturated heterocycles. The number of halogens is 1. The standard InChI is InChI=1S/C24H17ClN2O2S/c1-16(28)17-9-13-21(14-10-17)27-22(18-7-11-20(25)12-8-18)15-30-24(27)26-23(29)19-5-3-2-4-6-19/h2-15H,1H3. The van der Waals surface area contributed by atoms with Gasteiger partial charge < -0.3 is 0 Å². The van der Waals surface area contributed by atoms with Crippen LogP contribution in [0.25, 0.3) is 16.9 Å². The minimum absolute atomic E-state index is 0.000963. The first-order chi connectivity index (χ1) is 14.5. The molecule has 0 aliphatic rings. The molecule has 1 amide bonds. The van der Waals surface area contributed by atoms with Crippen molar-refractivity contribution < 1.29 is 9.59 Å². The van der Waals surface area contributed by atoms with Crippen LogP contribution in [0.5, 0.6) is 0 Å². The fourth-order valence-electron chi connectivity index (χ4n) is 3.04. The topological polar surface area (TPSA) is 51.4 Å². The Morgan fingerprint density at radius 2 is 1.53 bits per heavy atom. The molecule has 3 aromatic carbocycles. The Balaban J connectivity index is 1.88. The third-order valence-corrected chi connectivity index (χ3v) is 5.68. The highest BCUT2D eigenvalue weighted by Crippen LogP contribution is 2.25. The Morgan fingerprint density at radius 1 is 0.867 bits per heavy atom. The van der Waals surface area contributed by atoms with Gasteiger partial charge in [-0.15, -0.1) is 11.3 Å². The molecule has 4 aromatic rings. The van der Waals surface area contributed by atoms with Crippen molar-refractivity contribution in [3.05, 3.63) is 105 Å². The van der Waals surface area contributed by atoms with Gasteiger partial charge in [-0.2, -0.15) is 4.99 Å². The molecular formula is C24H17ClN2O2S. The number of benzene rings is 3. The molecule has 0 spiro atoms. The van der Waals surface area contributed by atoms with Crippen molar-refractivity contribution in [3.63, 3.8) is 0 Å². The number of nitrogens with zero attached hydrogens (tertiary/aromatic N) is 2. The second-order valence-electron chi connectivity index (χ2n) is 6.63. The molecule has 0 saturated carbocycles. The first-order valence-corrected chi connectivity index (χ1v) is 10.5. The minimum Gasteiger partial charge on any atom is -0.295 e. The van der Waals surface area contributed by atoms with Gasteiger partial charge in [0, 0.05) is 27.2 Å². The summed E-state index contributed by atoms with van der Waals surface area (Å²) in [5.41, 5.74) is 3.79. The number of Topliss-reactive ketones (excluding diaryl/α,β-unsaturated/α-hetero) is 1. The van der Waals surface area contributed by atoms with Gasteiger partial charge in [0.1, 0.15) is 0 Å². The molecule has 30 heavy (non-hydrogen) atoms. The van der Waals surface area contributed by atoms with Gasteiger partial charge in [0.05, 0.1) is 5.69 Å². The summed E-state index contributed by atoms with van der Waals surface area (Å²) in [7, 11) is 0. The van der Waals surface area contributed by atoms with Crippen LogP contribution < -0.4 is 4.80 Å². The minimum atomic E-state index is -0.311. The van der Waals surface area contributed by atoms with Crippen LogP contribution in [0.1, 0.15) is 27.6 Å². The van der Waals surface area contributed by atoms with Crippen molar-refractivity contribution in [2.75, 3.05) is 0 Å². The van der Waals surface area contributed by atoms with E-state index in [1.165, 1.54) is 18.3 Å². The molecule has 0 aliphatic carbocycles. The fourth-order valence-corrected chi connectivity index (χ4v) is 4.07. The molecule has 1 heterocycles. The predicted octanol–water partition coefficient (Wildman–Crippen LogP) is 5.80. The van der Waals surface area contributed by atoms with Crippen LogP contribution in [0.3, 0.4) is 0 Å². The third-order valence-electron chi connectivity index (χ3n) is 4.60. The molecule has 4 nitrogen and oxygen atoms in total. The van der Waals surface area contributed by atoms with E-state index in [-0.39, 0.29) is 11.7 Å². The van der Waals surface area contributed by atoms with E-state index in [9.17, 15) is 9.59 Å². The molecule has 1 aromatic heterocycles. The lowest BCUT2D eigenvalue weighted by Crippen LogP contribution is -2.16. The van der Waals surface area contributed by atoms with Crippen LogP contribution in [0, 0.1) is 0 Å². The Hall–Kier alpha value is -3.28. The van der Waals surface area contributed by atoms with E-state index >= 15 is 0 Å². The van der Waals surface area contributed by atoms with Crippen LogP contribution in [-0.4, -0.2) is 16.3 Å². The van der Waals surface area contributed by atoms with Gasteiger partial charge in [0.25, 0.3) is 5.91 Å². The SMILES string of the molecule is CC(=O)c1ccc(-n2c(-c3ccc(Cl)cc3)csc2=NC(=O)c2ccccc2)cc1. The number of ketones is 1. The van der Waals surface area contributed by atoms with Gasteiger partial charge in [-0.05, 0) is 61.0 Å². The van der Waals surface area contributed by atoms with E-state index in [2.05, 4.69) is 4.99 Å². The van der Waals surface area contributed by atoms with Crippen molar-refractivity contribution in [2.45, 2.75) is 6.92 Å². The fraction of sp³-hybridized carbons (Fsp3) is 0.0417. The first-order valence-electron chi connectivity index (χ1n) is 9.25. The van der Waals surface area contributed by atoms with Crippen LogP contribution >= 0.6 is 22.9 Å². The molecule has 0 bridgehead atoms. The number of hydrogen-bond acceptors (Lipinski definition) is 3. The average molecular weight is 433 g/mol. The van der Waals surface area contributed by atoms with Crippen LogP contribution in [0.15, 0.2) is 89.2 Å². The Morgan fingerprint density at radius 3 is 2.17 bits per heavy atom. The van der Waals surface area contributed by atoms with Gasteiger partial charge >= 0.3 is 0 Å². The highest BCUT2D eigenvalue weighted by atomic mass is 35.5. The van der Waals surface area contributed by atoms with E-state index in [4.69, 9.17) is 11.6 Å². The zero-order valence-electron chi connectivity index (χ0n) is 16.1. The number of hydrogen-bond donors (Lipinski definition) is 0. The maximum absolute atomic E-state index is 12.7. The zero-order valence-corrected chi connectivity index (χ0v) is 17.7. The summed E-state index contributed by atoms with van der Waals surface area (Å²) >= 11 is 7.42. The molecular weight excluding hydrogens is 416 g/mol. The van der Waals surface area contributed by atoms with Gasteiger partial charge in [-0.3, -0.25) is 14.2 Å². The highest BCUT2D eigenvalue weighted by Gasteiger charge is 2.13. The van der Waals surface area contributed by atoms with E-state index in [0.29, 0.717) is 21.0 Å². The van der Waals surface area contributed by atoms with Gasteiger partial charge in [0.2, 0.25) is 0 Å². The second-order valence-corrected chi connectivity index (χ2v) is 7.90. The second kappa shape index (κ2) is 8.61. The van der Waals surface area contributed by atoms with Crippen LogP contribution in [0.4, 0.5) is 0 Å². The summed E-state index contributed by atoms with van der Waals surface area (Å²) in [6.45, 7) is 1.53. The maximum atomic E-state index is 12.7. The summed E-state index contributed by atoms with van der Waals surface area (Å²) in [5, 5.41) is 2.61. The monoisotopic (exact) mass is 432 g/mol. The van der Waals surface area contributed by atoms with Gasteiger partial charge in [0.15, 0.2) is 10.6 Å². The Bertz CT molecular complexity index is 1270. The number of amides is 1. The number of aromatic nitrogens is 1. The molecule has 4 rings (SSSR count). The predicted molar refractivity (Wildman–Crippen MR) is 120 cm³/mol. The Kier molecular flexibility index (Phi) is 5.74. The molecule has 0 fully saturated rings. The lowest BCUT2D eigenvalue weighted by atomic mass is 10.1. The highest BCUT2D eigenvalue weighted by molar-refractivity contribution is 7.07. The van der Waals surface area contributed by atoms with Gasteiger partial charge in [-0.25, -0.2) is 0 Å². The van der Waals surface area contributed by atoms with Crippen molar-refractivity contribution in [3.8, 4) is 16.9 Å². The van der Waals surface area contributed by atoms with Crippen molar-refractivity contribution in [1.29, 1.82) is 0 Å². The van der Waals surface area contributed by atoms with Crippen molar-refractivity contribution >= 4 is 34.6 Å². The molecule has 0 radical (unpaired) electrons. The van der Waals surface area contributed by atoms with E-state index in [0.717, 1.165) is 16.9 Å². The molecule has 0 atom stereocenters. The summed E-state index contributed by atoms with van der Waals surface area (Å²) in [5.74, 6) is -0.312. The molecule has 0 aliphatic heterocycles. The third kappa shape index (κ3) is 4.17. The molecule has 0 unspecified atom stereocenters. The molecule has 6 heteroatoms. The van der Waals surface area contributed by atoms with Gasteiger partial charge in [-0.1, -0.05) is 41.9 Å². The lowest BCUT2D eigenvalue weighted by Gasteiger charge is -2.10. The molecule has 0 N–H and O–H groups in total. The number of carbonyl (C=O) groups is 2. The number of thiazole rings is 1. The summed E-state index contributed by atoms with van der Waals surface area (Å²) in [6.07, 6.45) is 0. The largest absolute Gasteiger partial charge is 0.295 e. The van der Waals surface area contributed by atoms with Crippen molar-refractivity contribution in [1.82, 2.24) is 4.57 Å². The number of rotatable bonds is 4. The quantitative estimate of drug-likeness (QED) is 0.382. The Labute approximate surface area is 182 Å². The summed E-state index contributed by atoms with van der Waals surface area (Å²) in [4.78, 5) is 29.3. The summed E-state index contributed by atoms with van der Waals surface area (Å²) < 4.78 is 1.92. The average Bonchev–Trinajstić information content (AvgIpc) is 3.18. The summed E-state index contributed by atoms with van der Waals surface area (Å²) in [6, 6.07) is 23.7. The molecule has 148 valence electrons.